The van der Waals surface area contributed by atoms with Gasteiger partial charge < -0.3 is 14.8 Å². The molecule has 7 heteroatoms. The minimum absolute atomic E-state index is 0.0250. The minimum atomic E-state index is -0.867. The average Bonchev–Trinajstić information content (AvgIpc) is 3.10. The second-order valence-corrected chi connectivity index (χ2v) is 5.23. The van der Waals surface area contributed by atoms with E-state index in [1.54, 1.807) is 36.5 Å². The molecule has 1 amide bonds. The molecule has 0 saturated carbocycles. The summed E-state index contributed by atoms with van der Waals surface area (Å²) in [6, 6.07) is 11.3. The molecule has 126 valence electrons. The van der Waals surface area contributed by atoms with E-state index < -0.39 is 11.7 Å². The second-order valence-electron chi connectivity index (χ2n) is 5.23. The van der Waals surface area contributed by atoms with Gasteiger partial charge in [0.15, 0.2) is 0 Å². The summed E-state index contributed by atoms with van der Waals surface area (Å²) in [7, 11) is 1.50. The predicted molar refractivity (Wildman–Crippen MR) is 93.0 cm³/mol. The number of nitrogens with one attached hydrogen (secondary N) is 2. The quantitative estimate of drug-likeness (QED) is 0.287. The number of Topliss-reactive ketones (excluding diaryl/α,β-unsaturated/α-hetero) is 1. The second kappa shape index (κ2) is 6.88. The monoisotopic (exact) mass is 337 g/mol. The first-order valence-electron chi connectivity index (χ1n) is 7.40. The van der Waals surface area contributed by atoms with Crippen LogP contribution in [0.1, 0.15) is 15.9 Å². The zero-order chi connectivity index (χ0) is 17.8. The number of rotatable bonds is 5. The topological polar surface area (TPSA) is 104 Å². The van der Waals surface area contributed by atoms with Crippen molar-refractivity contribution in [2.75, 3.05) is 7.11 Å². The van der Waals surface area contributed by atoms with Crippen molar-refractivity contribution in [3.63, 3.8) is 0 Å². The molecule has 1 heterocycles. The Bertz CT molecular complexity index is 975. The number of H-pyrrole nitrogens is 1. The Labute approximate surface area is 142 Å². The van der Waals surface area contributed by atoms with Gasteiger partial charge in [-0.15, -0.1) is 0 Å². The fourth-order valence-corrected chi connectivity index (χ4v) is 2.30. The first-order chi connectivity index (χ1) is 12.1. The van der Waals surface area contributed by atoms with Gasteiger partial charge in [0.25, 0.3) is 5.78 Å². The molecule has 7 nitrogen and oxygen atoms in total. The van der Waals surface area contributed by atoms with E-state index in [1.165, 1.54) is 19.4 Å². The van der Waals surface area contributed by atoms with E-state index in [9.17, 15) is 14.7 Å². The van der Waals surface area contributed by atoms with Crippen LogP contribution in [0.5, 0.6) is 11.5 Å². The van der Waals surface area contributed by atoms with E-state index in [4.69, 9.17) is 4.74 Å². The fraction of sp³-hybridized carbons (Fsp3) is 0.0556. The first kappa shape index (κ1) is 16.3. The molecular weight excluding hydrogens is 322 g/mol. The number of fused-ring (bicyclic) bond motifs is 1. The van der Waals surface area contributed by atoms with E-state index in [2.05, 4.69) is 15.5 Å². The summed E-state index contributed by atoms with van der Waals surface area (Å²) in [6.45, 7) is 0. The summed E-state index contributed by atoms with van der Waals surface area (Å²) in [6.07, 6.45) is 2.99. The molecule has 25 heavy (non-hydrogen) atoms. The van der Waals surface area contributed by atoms with Crippen molar-refractivity contribution in [3.05, 3.63) is 59.8 Å². The number of hydrazone groups is 1. The number of benzene rings is 2. The van der Waals surface area contributed by atoms with Gasteiger partial charge in [-0.1, -0.05) is 0 Å². The van der Waals surface area contributed by atoms with E-state index in [-0.39, 0.29) is 11.3 Å². The standard InChI is InChI=1S/C18H15N3O4/c1-25-14-3-5-16(22)13(9-14)10-20-21-18(24)17(23)12-2-4-15-11(8-12)6-7-19-15/h2-10,19,22H,1H3,(H,21,24). The van der Waals surface area contributed by atoms with E-state index in [0.29, 0.717) is 11.3 Å². The number of aromatic hydroxyl groups is 1. The molecule has 0 aliphatic carbocycles. The molecular formula is C18H15N3O4. The van der Waals surface area contributed by atoms with Crippen LogP contribution in [0.4, 0.5) is 0 Å². The van der Waals surface area contributed by atoms with Crippen LogP contribution >= 0.6 is 0 Å². The number of amides is 1. The third kappa shape index (κ3) is 3.50. The summed E-state index contributed by atoms with van der Waals surface area (Å²) in [5.41, 5.74) is 3.65. The summed E-state index contributed by atoms with van der Waals surface area (Å²) in [5.74, 6) is -1.06. The first-order valence-corrected chi connectivity index (χ1v) is 7.40. The summed E-state index contributed by atoms with van der Waals surface area (Å²) >= 11 is 0. The lowest BCUT2D eigenvalue weighted by Crippen LogP contribution is -2.27. The number of phenols is 1. The average molecular weight is 337 g/mol. The van der Waals surface area contributed by atoms with E-state index in [0.717, 1.165) is 10.9 Å². The molecule has 0 atom stereocenters. The summed E-state index contributed by atoms with van der Waals surface area (Å²) < 4.78 is 5.05. The molecule has 3 N–H and O–H groups in total. The lowest BCUT2D eigenvalue weighted by Gasteiger charge is -2.03. The van der Waals surface area contributed by atoms with E-state index >= 15 is 0 Å². The Morgan fingerprint density at radius 1 is 1.20 bits per heavy atom. The van der Waals surface area contributed by atoms with Gasteiger partial charge in [-0.3, -0.25) is 9.59 Å². The number of carbonyl (C=O) groups is 2. The van der Waals surface area contributed by atoms with Gasteiger partial charge >= 0.3 is 5.91 Å². The largest absolute Gasteiger partial charge is 0.507 e. The van der Waals surface area contributed by atoms with Crippen molar-refractivity contribution in [3.8, 4) is 11.5 Å². The fourth-order valence-electron chi connectivity index (χ4n) is 2.30. The number of hydrogen-bond donors (Lipinski definition) is 3. The molecule has 0 radical (unpaired) electrons. The third-order valence-electron chi connectivity index (χ3n) is 3.63. The lowest BCUT2D eigenvalue weighted by atomic mass is 10.1. The molecule has 3 rings (SSSR count). The predicted octanol–water partition coefficient (Wildman–Crippen LogP) is 2.22. The maximum Gasteiger partial charge on any atom is 0.312 e. The van der Waals surface area contributed by atoms with Gasteiger partial charge in [-0.25, -0.2) is 5.43 Å². The number of hydrogen-bond acceptors (Lipinski definition) is 5. The lowest BCUT2D eigenvalue weighted by molar-refractivity contribution is -0.116. The normalized spacial score (nSPS) is 10.9. The van der Waals surface area contributed by atoms with Crippen molar-refractivity contribution in [1.29, 1.82) is 0 Å². The zero-order valence-corrected chi connectivity index (χ0v) is 13.3. The highest BCUT2D eigenvalue weighted by molar-refractivity contribution is 6.43. The van der Waals surface area contributed by atoms with Crippen molar-refractivity contribution in [2.24, 2.45) is 5.10 Å². The van der Waals surface area contributed by atoms with Crippen molar-refractivity contribution in [1.82, 2.24) is 10.4 Å². The van der Waals surface area contributed by atoms with Gasteiger partial charge in [0, 0.05) is 28.2 Å². The number of methoxy groups -OCH3 is 1. The number of carbonyl (C=O) groups excluding carboxylic acids is 2. The van der Waals surface area contributed by atoms with Crippen molar-refractivity contribution >= 4 is 28.8 Å². The van der Waals surface area contributed by atoms with Gasteiger partial charge in [0.05, 0.1) is 13.3 Å². The molecule has 0 aliphatic rings. The number of aromatic nitrogens is 1. The number of aromatic amines is 1. The number of ether oxygens (including phenoxy) is 1. The summed E-state index contributed by atoms with van der Waals surface area (Å²) in [5, 5.41) is 14.3. The number of nitrogens with zero attached hydrogens (tertiary/aromatic N) is 1. The molecule has 0 saturated heterocycles. The smallest absolute Gasteiger partial charge is 0.312 e. The van der Waals surface area contributed by atoms with Crippen molar-refractivity contribution < 1.29 is 19.4 Å². The zero-order valence-electron chi connectivity index (χ0n) is 13.3. The SMILES string of the molecule is COc1ccc(O)c(C=NNC(=O)C(=O)c2ccc3[nH]ccc3c2)c1. The molecule has 0 bridgehead atoms. The highest BCUT2D eigenvalue weighted by Gasteiger charge is 2.16. The Hall–Kier alpha value is -3.61. The molecule has 0 aliphatic heterocycles. The number of phenolic OH excluding ortho intramolecular Hbond substituents is 1. The molecule has 0 fully saturated rings. The Kier molecular flexibility index (Phi) is 4.47. The van der Waals surface area contributed by atoms with Crippen LogP contribution in [0.15, 0.2) is 53.8 Å². The Balaban J connectivity index is 1.70. The molecule has 3 aromatic rings. The maximum atomic E-state index is 12.2. The highest BCUT2D eigenvalue weighted by Crippen LogP contribution is 2.21. The molecule has 0 unspecified atom stereocenters. The van der Waals surface area contributed by atoms with Crippen LogP contribution < -0.4 is 10.2 Å². The molecule has 0 spiro atoms. The maximum absolute atomic E-state index is 12.2. The van der Waals surface area contributed by atoms with Crippen LogP contribution in [0.2, 0.25) is 0 Å². The highest BCUT2D eigenvalue weighted by atomic mass is 16.5. The Morgan fingerprint density at radius 3 is 2.84 bits per heavy atom. The van der Waals surface area contributed by atoms with Crippen LogP contribution in [-0.2, 0) is 4.79 Å². The third-order valence-corrected chi connectivity index (χ3v) is 3.63. The van der Waals surface area contributed by atoms with E-state index in [1.807, 2.05) is 6.07 Å². The Morgan fingerprint density at radius 2 is 2.04 bits per heavy atom. The minimum Gasteiger partial charge on any atom is -0.507 e. The van der Waals surface area contributed by atoms with Gasteiger partial charge in [-0.05, 0) is 42.5 Å². The van der Waals surface area contributed by atoms with Crippen LogP contribution in [0, 0.1) is 0 Å². The number of ketones is 1. The van der Waals surface area contributed by atoms with Crippen LogP contribution in [0.25, 0.3) is 10.9 Å². The van der Waals surface area contributed by atoms with Crippen molar-refractivity contribution in [2.45, 2.75) is 0 Å². The molecule has 1 aromatic heterocycles. The molecule has 2 aromatic carbocycles. The van der Waals surface area contributed by atoms with Gasteiger partial charge in [-0.2, -0.15) is 5.10 Å². The van der Waals surface area contributed by atoms with Gasteiger partial charge in [0.1, 0.15) is 11.5 Å². The summed E-state index contributed by atoms with van der Waals surface area (Å²) in [4.78, 5) is 27.1. The van der Waals surface area contributed by atoms with Crippen LogP contribution in [0.3, 0.4) is 0 Å². The van der Waals surface area contributed by atoms with Gasteiger partial charge in [0.2, 0.25) is 0 Å². The van der Waals surface area contributed by atoms with Crippen LogP contribution in [-0.4, -0.2) is 35.1 Å².